The predicted octanol–water partition coefficient (Wildman–Crippen LogP) is 3.48. The van der Waals surface area contributed by atoms with Gasteiger partial charge in [-0.1, -0.05) is 35.1 Å². The van der Waals surface area contributed by atoms with E-state index < -0.39 is 10.0 Å². The number of nitrogens with one attached hydrogen (secondary N) is 2. The molecule has 3 aromatic rings. The second-order valence-electron chi connectivity index (χ2n) is 5.69. The Kier molecular flexibility index (Phi) is 5.73. The lowest BCUT2D eigenvalue weighted by atomic mass is 10.1. The first-order valence-electron chi connectivity index (χ1n) is 7.77. The Morgan fingerprint density at radius 1 is 1.19 bits per heavy atom. The first-order chi connectivity index (χ1) is 12.8. The Morgan fingerprint density at radius 2 is 1.93 bits per heavy atom. The van der Waals surface area contributed by atoms with E-state index in [1.807, 2.05) is 19.1 Å². The van der Waals surface area contributed by atoms with Crippen LogP contribution >= 0.6 is 22.9 Å². The van der Waals surface area contributed by atoms with Crippen LogP contribution in [0.15, 0.2) is 52.9 Å². The van der Waals surface area contributed by atoms with Crippen LogP contribution < -0.4 is 10.0 Å². The molecule has 10 heteroatoms. The largest absolute Gasteiger partial charge is 0.326 e. The van der Waals surface area contributed by atoms with Gasteiger partial charge in [-0.3, -0.25) is 9.52 Å². The van der Waals surface area contributed by atoms with Crippen LogP contribution in [0.2, 0.25) is 5.02 Å². The molecule has 3 rings (SSSR count). The quantitative estimate of drug-likeness (QED) is 0.633. The van der Waals surface area contributed by atoms with Gasteiger partial charge >= 0.3 is 0 Å². The normalized spacial score (nSPS) is 11.2. The second kappa shape index (κ2) is 8.03. The minimum atomic E-state index is -3.76. The van der Waals surface area contributed by atoms with Gasteiger partial charge in [0.05, 0.1) is 11.3 Å². The highest BCUT2D eigenvalue weighted by Crippen LogP contribution is 2.21. The fraction of sp³-hybridized carbons (Fsp3) is 0.118. The van der Waals surface area contributed by atoms with E-state index in [2.05, 4.69) is 20.2 Å². The van der Waals surface area contributed by atoms with Gasteiger partial charge in [0.2, 0.25) is 11.0 Å². The maximum absolute atomic E-state index is 12.3. The van der Waals surface area contributed by atoms with Crippen molar-refractivity contribution in [2.75, 3.05) is 10.0 Å². The van der Waals surface area contributed by atoms with E-state index in [4.69, 9.17) is 11.6 Å². The monoisotopic (exact) mass is 422 g/mol. The number of anilines is 2. The van der Waals surface area contributed by atoms with Gasteiger partial charge in [-0.15, -0.1) is 10.2 Å². The third-order valence-electron chi connectivity index (χ3n) is 3.59. The molecule has 140 valence electrons. The number of sulfonamides is 1. The number of amides is 1. The summed E-state index contributed by atoms with van der Waals surface area (Å²) in [5.74, 6) is -0.247. The van der Waals surface area contributed by atoms with Gasteiger partial charge in [0, 0.05) is 10.7 Å². The molecule has 0 aliphatic heterocycles. The summed E-state index contributed by atoms with van der Waals surface area (Å²) in [6.45, 7) is 1.92. The zero-order valence-electron chi connectivity index (χ0n) is 14.1. The smallest absolute Gasteiger partial charge is 0.263 e. The number of halogens is 1. The topological polar surface area (TPSA) is 101 Å². The Bertz CT molecular complexity index is 1050. The number of carbonyl (C=O) groups excluding carboxylic acids is 1. The number of carbonyl (C=O) groups is 1. The van der Waals surface area contributed by atoms with E-state index in [1.165, 1.54) is 29.8 Å². The second-order valence-corrected chi connectivity index (χ2v) is 8.62. The van der Waals surface area contributed by atoms with Crippen LogP contribution in [0.4, 0.5) is 10.8 Å². The van der Waals surface area contributed by atoms with E-state index in [0.29, 0.717) is 10.7 Å². The van der Waals surface area contributed by atoms with E-state index in [0.717, 1.165) is 22.5 Å². The first-order valence-corrected chi connectivity index (χ1v) is 10.5. The summed E-state index contributed by atoms with van der Waals surface area (Å²) >= 11 is 7.22. The molecule has 2 N–H and O–H groups in total. The van der Waals surface area contributed by atoms with E-state index in [1.54, 1.807) is 6.07 Å². The van der Waals surface area contributed by atoms with Gasteiger partial charge < -0.3 is 5.32 Å². The molecule has 0 aliphatic rings. The third kappa shape index (κ3) is 5.03. The predicted molar refractivity (Wildman–Crippen MR) is 106 cm³/mol. The minimum Gasteiger partial charge on any atom is -0.326 e. The zero-order valence-corrected chi connectivity index (χ0v) is 16.5. The summed E-state index contributed by atoms with van der Waals surface area (Å²) in [5.41, 5.74) is 3.65. The molecule has 0 aliphatic carbocycles. The van der Waals surface area contributed by atoms with Crippen LogP contribution in [0.1, 0.15) is 11.1 Å². The van der Waals surface area contributed by atoms with Crippen molar-refractivity contribution in [2.45, 2.75) is 18.2 Å². The molecule has 1 aromatic heterocycles. The van der Waals surface area contributed by atoms with Crippen molar-refractivity contribution in [2.24, 2.45) is 0 Å². The maximum Gasteiger partial charge on any atom is 0.263 e. The Morgan fingerprint density at radius 3 is 2.56 bits per heavy atom. The molecule has 0 spiro atoms. The van der Waals surface area contributed by atoms with Gasteiger partial charge in [-0.2, -0.15) is 0 Å². The fourth-order valence-electron chi connectivity index (χ4n) is 2.28. The van der Waals surface area contributed by atoms with E-state index in [-0.39, 0.29) is 22.4 Å². The molecule has 0 fully saturated rings. The van der Waals surface area contributed by atoms with Crippen molar-refractivity contribution in [3.05, 3.63) is 64.1 Å². The van der Waals surface area contributed by atoms with Gasteiger partial charge in [-0.25, -0.2) is 8.42 Å². The molecule has 1 amide bonds. The van der Waals surface area contributed by atoms with Gasteiger partial charge in [0.15, 0.2) is 0 Å². The van der Waals surface area contributed by atoms with Gasteiger partial charge in [0.1, 0.15) is 5.51 Å². The molecule has 0 atom stereocenters. The Labute approximate surface area is 165 Å². The Hall–Kier alpha value is -2.49. The van der Waals surface area contributed by atoms with Gasteiger partial charge in [-0.05, 0) is 48.4 Å². The standard InChI is InChI=1S/C17H15ClN4O3S2/c1-11-2-3-12(15(18)8-11)9-16(23)20-13-4-6-14(7-5-13)27(24,25)22-17-21-19-10-26-17/h2-8,10H,9H2,1H3,(H,20,23)(H,21,22). The number of benzene rings is 2. The van der Waals surface area contributed by atoms with Crippen molar-refractivity contribution < 1.29 is 13.2 Å². The summed E-state index contributed by atoms with van der Waals surface area (Å²) in [7, 11) is -3.76. The number of aromatic nitrogens is 2. The fourth-order valence-corrected chi connectivity index (χ4v) is 4.28. The summed E-state index contributed by atoms with van der Waals surface area (Å²) in [5, 5.41) is 10.7. The SMILES string of the molecule is Cc1ccc(CC(=O)Nc2ccc(S(=O)(=O)Nc3nncs3)cc2)c(Cl)c1. The van der Waals surface area contributed by atoms with Crippen LogP contribution in [0.3, 0.4) is 0 Å². The first kappa shape index (κ1) is 19.3. The summed E-state index contributed by atoms with van der Waals surface area (Å²) in [6.07, 6.45) is 0.123. The van der Waals surface area contributed by atoms with Crippen LogP contribution in [-0.2, 0) is 21.2 Å². The minimum absolute atomic E-state index is 0.0530. The molecule has 0 bridgehead atoms. The van der Waals surface area contributed by atoms with Crippen molar-refractivity contribution in [3.63, 3.8) is 0 Å². The van der Waals surface area contributed by atoms with Crippen molar-refractivity contribution in [1.29, 1.82) is 0 Å². The highest BCUT2D eigenvalue weighted by Gasteiger charge is 2.16. The summed E-state index contributed by atoms with van der Waals surface area (Å²) in [6, 6.07) is 11.3. The van der Waals surface area contributed by atoms with Crippen molar-refractivity contribution >= 4 is 49.7 Å². The van der Waals surface area contributed by atoms with Gasteiger partial charge in [0.25, 0.3) is 10.0 Å². The lowest BCUT2D eigenvalue weighted by Gasteiger charge is -2.09. The lowest BCUT2D eigenvalue weighted by molar-refractivity contribution is -0.115. The molecule has 0 radical (unpaired) electrons. The molecule has 0 unspecified atom stereocenters. The highest BCUT2D eigenvalue weighted by molar-refractivity contribution is 7.93. The van der Waals surface area contributed by atoms with Crippen LogP contribution in [0.5, 0.6) is 0 Å². The zero-order chi connectivity index (χ0) is 19.4. The van der Waals surface area contributed by atoms with Crippen molar-refractivity contribution in [1.82, 2.24) is 10.2 Å². The number of rotatable bonds is 6. The summed E-state index contributed by atoms with van der Waals surface area (Å²) < 4.78 is 26.9. The van der Waals surface area contributed by atoms with Crippen LogP contribution in [0, 0.1) is 6.92 Å². The highest BCUT2D eigenvalue weighted by atomic mass is 35.5. The number of hydrogen-bond acceptors (Lipinski definition) is 6. The van der Waals surface area contributed by atoms with Crippen LogP contribution in [0.25, 0.3) is 0 Å². The molecule has 1 heterocycles. The molecular weight excluding hydrogens is 408 g/mol. The maximum atomic E-state index is 12.3. The van der Waals surface area contributed by atoms with E-state index >= 15 is 0 Å². The molecule has 0 saturated carbocycles. The van der Waals surface area contributed by atoms with Crippen LogP contribution in [-0.4, -0.2) is 24.5 Å². The van der Waals surface area contributed by atoms with Crippen molar-refractivity contribution in [3.8, 4) is 0 Å². The average Bonchev–Trinajstić information content (AvgIpc) is 3.10. The Balaban J connectivity index is 1.65. The number of hydrogen-bond donors (Lipinski definition) is 2. The molecule has 7 nitrogen and oxygen atoms in total. The van der Waals surface area contributed by atoms with E-state index in [9.17, 15) is 13.2 Å². The molecular formula is C17H15ClN4O3S2. The number of aryl methyl sites for hydroxylation is 1. The third-order valence-corrected chi connectivity index (χ3v) is 6.03. The molecule has 2 aromatic carbocycles. The molecule has 27 heavy (non-hydrogen) atoms. The number of nitrogens with zero attached hydrogens (tertiary/aromatic N) is 2. The average molecular weight is 423 g/mol. The molecule has 0 saturated heterocycles. The summed E-state index contributed by atoms with van der Waals surface area (Å²) in [4.78, 5) is 12.3. The lowest BCUT2D eigenvalue weighted by Crippen LogP contribution is -2.15.